The van der Waals surface area contributed by atoms with Crippen molar-refractivity contribution >= 4 is 11.9 Å². The van der Waals surface area contributed by atoms with Crippen molar-refractivity contribution in [3.63, 3.8) is 0 Å². The number of carbonyl (C=O) groups is 2. The summed E-state index contributed by atoms with van der Waals surface area (Å²) in [5, 5.41) is 3.37. The average Bonchev–Trinajstić information content (AvgIpc) is 2.46. The standard InChI is InChI=1S/C16H28N2O3/c1-4-21-15(20)12-7-5-10-18(11-12)14(19)13-16(2,3)8-6-9-17-13/h12-13,17H,4-11H2,1-3H3. The molecule has 0 bridgehead atoms. The van der Waals surface area contributed by atoms with E-state index in [9.17, 15) is 9.59 Å². The number of likely N-dealkylation sites (tertiary alicyclic amines) is 1. The number of amides is 1. The summed E-state index contributed by atoms with van der Waals surface area (Å²) < 4.78 is 5.10. The van der Waals surface area contributed by atoms with Crippen LogP contribution in [0.15, 0.2) is 0 Å². The number of piperidine rings is 2. The summed E-state index contributed by atoms with van der Waals surface area (Å²) in [6, 6.07) is -0.132. The van der Waals surface area contributed by atoms with Crippen molar-refractivity contribution in [3.05, 3.63) is 0 Å². The molecule has 0 spiro atoms. The maximum Gasteiger partial charge on any atom is 0.310 e. The molecule has 2 unspecified atom stereocenters. The monoisotopic (exact) mass is 296 g/mol. The van der Waals surface area contributed by atoms with Crippen LogP contribution in [-0.4, -0.2) is 49.1 Å². The van der Waals surface area contributed by atoms with Crippen LogP contribution in [0.5, 0.6) is 0 Å². The second-order valence-electron chi connectivity index (χ2n) is 6.85. The van der Waals surface area contributed by atoms with Gasteiger partial charge >= 0.3 is 5.97 Å². The summed E-state index contributed by atoms with van der Waals surface area (Å²) in [4.78, 5) is 26.6. The van der Waals surface area contributed by atoms with Gasteiger partial charge in [0.05, 0.1) is 18.6 Å². The molecule has 0 aliphatic carbocycles. The Kier molecular flexibility index (Phi) is 5.25. The van der Waals surface area contributed by atoms with Crippen LogP contribution in [0.2, 0.25) is 0 Å². The van der Waals surface area contributed by atoms with E-state index in [0.29, 0.717) is 13.2 Å². The van der Waals surface area contributed by atoms with E-state index in [1.165, 1.54) is 0 Å². The second kappa shape index (κ2) is 6.77. The third-order valence-corrected chi connectivity index (χ3v) is 4.73. The molecule has 0 aromatic heterocycles. The topological polar surface area (TPSA) is 58.6 Å². The Morgan fingerprint density at radius 3 is 2.76 bits per heavy atom. The van der Waals surface area contributed by atoms with Gasteiger partial charge < -0.3 is 15.0 Å². The Balaban J connectivity index is 2.00. The number of rotatable bonds is 3. The predicted octanol–water partition coefficient (Wildman–Crippen LogP) is 1.57. The summed E-state index contributed by atoms with van der Waals surface area (Å²) in [7, 11) is 0. The predicted molar refractivity (Wildman–Crippen MR) is 80.7 cm³/mol. The van der Waals surface area contributed by atoms with Crippen LogP contribution in [0.3, 0.4) is 0 Å². The van der Waals surface area contributed by atoms with Crippen LogP contribution < -0.4 is 5.32 Å². The van der Waals surface area contributed by atoms with Gasteiger partial charge in [-0.05, 0) is 44.6 Å². The lowest BCUT2D eigenvalue weighted by Crippen LogP contribution is -2.58. The summed E-state index contributed by atoms with van der Waals surface area (Å²) in [5.74, 6) is -0.172. The first-order chi connectivity index (χ1) is 9.95. The molecule has 5 heteroatoms. The minimum Gasteiger partial charge on any atom is -0.466 e. The Labute approximate surface area is 127 Å². The molecule has 0 aromatic carbocycles. The molecule has 120 valence electrons. The number of ether oxygens (including phenoxy) is 1. The first-order valence-electron chi connectivity index (χ1n) is 8.14. The summed E-state index contributed by atoms with van der Waals surface area (Å²) in [6.07, 6.45) is 3.88. The van der Waals surface area contributed by atoms with Gasteiger partial charge in [-0.2, -0.15) is 0 Å². The maximum atomic E-state index is 12.8. The lowest BCUT2D eigenvalue weighted by molar-refractivity contribution is -0.152. The zero-order valence-corrected chi connectivity index (χ0v) is 13.5. The van der Waals surface area contributed by atoms with Gasteiger partial charge in [0, 0.05) is 13.1 Å². The van der Waals surface area contributed by atoms with E-state index >= 15 is 0 Å². The Bertz CT molecular complexity index is 395. The van der Waals surface area contributed by atoms with Gasteiger partial charge in [-0.3, -0.25) is 9.59 Å². The van der Waals surface area contributed by atoms with Crippen molar-refractivity contribution < 1.29 is 14.3 Å². The lowest BCUT2D eigenvalue weighted by atomic mass is 9.76. The quantitative estimate of drug-likeness (QED) is 0.803. The molecule has 2 heterocycles. The highest BCUT2D eigenvalue weighted by Gasteiger charge is 2.40. The number of esters is 1. The molecule has 2 aliphatic heterocycles. The number of carbonyl (C=O) groups excluding carboxylic acids is 2. The molecule has 0 radical (unpaired) electrons. The Hall–Kier alpha value is -1.10. The van der Waals surface area contributed by atoms with Crippen molar-refractivity contribution in [1.82, 2.24) is 10.2 Å². The van der Waals surface area contributed by atoms with Crippen molar-refractivity contribution in [1.29, 1.82) is 0 Å². The minimum absolute atomic E-state index is 0.0216. The average molecular weight is 296 g/mol. The molecule has 1 amide bonds. The van der Waals surface area contributed by atoms with E-state index < -0.39 is 0 Å². The van der Waals surface area contributed by atoms with Crippen molar-refractivity contribution in [2.24, 2.45) is 11.3 Å². The highest BCUT2D eigenvalue weighted by atomic mass is 16.5. The Morgan fingerprint density at radius 2 is 2.10 bits per heavy atom. The molecule has 21 heavy (non-hydrogen) atoms. The molecular weight excluding hydrogens is 268 g/mol. The molecule has 2 saturated heterocycles. The second-order valence-corrected chi connectivity index (χ2v) is 6.85. The summed E-state index contributed by atoms with van der Waals surface area (Å²) in [5.41, 5.74) is -0.0216. The minimum atomic E-state index is -0.161. The summed E-state index contributed by atoms with van der Waals surface area (Å²) in [6.45, 7) is 8.67. The van der Waals surface area contributed by atoms with Gasteiger partial charge in [0.1, 0.15) is 0 Å². The van der Waals surface area contributed by atoms with E-state index in [1.807, 2.05) is 11.8 Å². The van der Waals surface area contributed by atoms with Crippen LogP contribution >= 0.6 is 0 Å². The SMILES string of the molecule is CCOC(=O)C1CCCN(C(=O)C2NCCCC2(C)C)C1. The van der Waals surface area contributed by atoms with Crippen molar-refractivity contribution in [2.75, 3.05) is 26.2 Å². The number of hydrogen-bond donors (Lipinski definition) is 1. The third-order valence-electron chi connectivity index (χ3n) is 4.73. The first-order valence-corrected chi connectivity index (χ1v) is 8.14. The zero-order valence-electron chi connectivity index (χ0n) is 13.5. The van der Waals surface area contributed by atoms with Crippen LogP contribution in [0.1, 0.15) is 46.5 Å². The lowest BCUT2D eigenvalue weighted by Gasteiger charge is -2.42. The Morgan fingerprint density at radius 1 is 1.33 bits per heavy atom. The van der Waals surface area contributed by atoms with E-state index in [2.05, 4.69) is 19.2 Å². The molecule has 1 N–H and O–H groups in total. The molecule has 0 aromatic rings. The molecule has 2 fully saturated rings. The van der Waals surface area contributed by atoms with Gasteiger partial charge in [0.25, 0.3) is 0 Å². The maximum absolute atomic E-state index is 12.8. The third kappa shape index (κ3) is 3.76. The normalized spacial score (nSPS) is 29.0. The van der Waals surface area contributed by atoms with Crippen LogP contribution in [0.4, 0.5) is 0 Å². The van der Waals surface area contributed by atoms with Crippen molar-refractivity contribution in [2.45, 2.75) is 52.5 Å². The van der Waals surface area contributed by atoms with Crippen LogP contribution in [0.25, 0.3) is 0 Å². The van der Waals surface area contributed by atoms with Crippen molar-refractivity contribution in [3.8, 4) is 0 Å². The summed E-state index contributed by atoms with van der Waals surface area (Å²) >= 11 is 0. The van der Waals surface area contributed by atoms with Gasteiger partial charge in [-0.1, -0.05) is 13.8 Å². The van der Waals surface area contributed by atoms with E-state index in [1.54, 1.807) is 0 Å². The molecule has 2 atom stereocenters. The fraction of sp³-hybridized carbons (Fsp3) is 0.875. The highest BCUT2D eigenvalue weighted by molar-refractivity contribution is 5.84. The number of nitrogens with one attached hydrogen (secondary N) is 1. The number of nitrogens with zero attached hydrogens (tertiary/aromatic N) is 1. The molecule has 0 saturated carbocycles. The fourth-order valence-corrected chi connectivity index (χ4v) is 3.44. The number of hydrogen-bond acceptors (Lipinski definition) is 4. The first kappa shape index (κ1) is 16.3. The van der Waals surface area contributed by atoms with E-state index in [0.717, 1.165) is 38.8 Å². The molecular formula is C16H28N2O3. The van der Waals surface area contributed by atoms with Gasteiger partial charge in [-0.15, -0.1) is 0 Å². The molecule has 5 nitrogen and oxygen atoms in total. The highest BCUT2D eigenvalue weighted by Crippen LogP contribution is 2.32. The zero-order chi connectivity index (χ0) is 15.5. The molecule has 2 rings (SSSR count). The van der Waals surface area contributed by atoms with Crippen LogP contribution in [0, 0.1) is 11.3 Å². The van der Waals surface area contributed by atoms with E-state index in [4.69, 9.17) is 4.74 Å². The molecule has 2 aliphatic rings. The fourth-order valence-electron chi connectivity index (χ4n) is 3.44. The van der Waals surface area contributed by atoms with Gasteiger partial charge in [0.15, 0.2) is 0 Å². The van der Waals surface area contributed by atoms with E-state index in [-0.39, 0.29) is 29.3 Å². The van der Waals surface area contributed by atoms with Gasteiger partial charge in [-0.25, -0.2) is 0 Å². The van der Waals surface area contributed by atoms with Crippen LogP contribution in [-0.2, 0) is 14.3 Å². The van der Waals surface area contributed by atoms with Gasteiger partial charge in [0.2, 0.25) is 5.91 Å². The largest absolute Gasteiger partial charge is 0.466 e. The smallest absolute Gasteiger partial charge is 0.310 e.